The normalized spacial score (nSPS) is 10.2. The molecule has 2 aromatic heterocycles. The van der Waals surface area contributed by atoms with E-state index in [1.54, 1.807) is 36.8 Å². The van der Waals surface area contributed by atoms with Crippen LogP contribution in [0.5, 0.6) is 0 Å². The molecule has 0 unspecified atom stereocenters. The van der Waals surface area contributed by atoms with Crippen molar-refractivity contribution in [2.45, 2.75) is 6.54 Å². The van der Waals surface area contributed by atoms with Gasteiger partial charge in [-0.1, -0.05) is 11.6 Å². The Morgan fingerprint density at radius 1 is 0.958 bits per heavy atom. The summed E-state index contributed by atoms with van der Waals surface area (Å²) in [4.78, 5) is 20.3. The Kier molecular flexibility index (Phi) is 5.03. The van der Waals surface area contributed by atoms with E-state index in [1.165, 1.54) is 6.20 Å². The first kappa shape index (κ1) is 16.0. The van der Waals surface area contributed by atoms with Crippen LogP contribution < -0.4 is 10.6 Å². The zero-order chi connectivity index (χ0) is 16.8. The van der Waals surface area contributed by atoms with E-state index in [2.05, 4.69) is 20.6 Å². The van der Waals surface area contributed by atoms with Gasteiger partial charge in [-0.2, -0.15) is 0 Å². The number of hydrogen-bond donors (Lipinski definition) is 2. The number of carbonyl (C=O) groups is 1. The average molecular weight is 339 g/mol. The maximum atomic E-state index is 12.3. The Balaban J connectivity index is 1.65. The molecule has 1 aromatic carbocycles. The number of nitrogens with one attached hydrogen (secondary N) is 2. The molecule has 1 amide bonds. The van der Waals surface area contributed by atoms with Gasteiger partial charge in [0.15, 0.2) is 0 Å². The van der Waals surface area contributed by atoms with Gasteiger partial charge in [-0.3, -0.25) is 14.8 Å². The van der Waals surface area contributed by atoms with Crippen molar-refractivity contribution in [2.24, 2.45) is 0 Å². The monoisotopic (exact) mass is 338 g/mol. The van der Waals surface area contributed by atoms with E-state index in [1.807, 2.05) is 24.3 Å². The zero-order valence-corrected chi connectivity index (χ0v) is 13.5. The Hall–Kier alpha value is -2.92. The maximum absolute atomic E-state index is 12.3. The summed E-state index contributed by atoms with van der Waals surface area (Å²) in [5.41, 5.74) is 3.08. The molecular formula is C18H15ClN4O. The van der Waals surface area contributed by atoms with E-state index < -0.39 is 0 Å². The van der Waals surface area contributed by atoms with Gasteiger partial charge in [0.05, 0.1) is 17.4 Å². The zero-order valence-electron chi connectivity index (χ0n) is 12.7. The number of halogens is 1. The molecule has 0 aliphatic heterocycles. The van der Waals surface area contributed by atoms with Gasteiger partial charge in [0.2, 0.25) is 0 Å². The first-order valence-corrected chi connectivity index (χ1v) is 7.73. The molecule has 6 heteroatoms. The summed E-state index contributed by atoms with van der Waals surface area (Å²) in [7, 11) is 0. The Bertz CT molecular complexity index is 822. The molecule has 0 aliphatic carbocycles. The molecule has 0 aliphatic rings. The van der Waals surface area contributed by atoms with Crippen molar-refractivity contribution in [2.75, 3.05) is 5.32 Å². The maximum Gasteiger partial charge on any atom is 0.253 e. The fourth-order valence-electron chi connectivity index (χ4n) is 2.12. The van der Waals surface area contributed by atoms with Crippen molar-refractivity contribution in [1.82, 2.24) is 15.3 Å². The second kappa shape index (κ2) is 7.57. The van der Waals surface area contributed by atoms with E-state index in [9.17, 15) is 4.79 Å². The molecule has 120 valence electrons. The van der Waals surface area contributed by atoms with Crippen LogP contribution in [0.4, 0.5) is 11.4 Å². The number of rotatable bonds is 5. The van der Waals surface area contributed by atoms with E-state index in [0.29, 0.717) is 17.1 Å². The summed E-state index contributed by atoms with van der Waals surface area (Å²) < 4.78 is 0. The van der Waals surface area contributed by atoms with Crippen molar-refractivity contribution in [3.63, 3.8) is 0 Å². The molecule has 0 saturated carbocycles. The van der Waals surface area contributed by atoms with E-state index in [4.69, 9.17) is 11.6 Å². The van der Waals surface area contributed by atoms with Crippen LogP contribution in [-0.4, -0.2) is 15.9 Å². The van der Waals surface area contributed by atoms with Gasteiger partial charge in [0.25, 0.3) is 5.91 Å². The third-order valence-corrected chi connectivity index (χ3v) is 3.59. The first-order valence-electron chi connectivity index (χ1n) is 7.35. The molecule has 0 fully saturated rings. The summed E-state index contributed by atoms with van der Waals surface area (Å²) in [6.07, 6.45) is 6.59. The van der Waals surface area contributed by atoms with Crippen LogP contribution in [0.3, 0.4) is 0 Å². The summed E-state index contributed by atoms with van der Waals surface area (Å²) in [5.74, 6) is -0.181. The molecule has 0 radical (unpaired) electrons. The van der Waals surface area contributed by atoms with Crippen LogP contribution in [0.2, 0.25) is 5.02 Å². The summed E-state index contributed by atoms with van der Waals surface area (Å²) >= 11 is 5.87. The standard InChI is InChI=1S/C18H15ClN4O/c19-15-1-3-16(4-2-15)23-17-9-14(11-21-12-17)18(24)22-10-13-5-7-20-8-6-13/h1-9,11-12,23H,10H2,(H,22,24). The number of amides is 1. The van der Waals surface area contributed by atoms with Gasteiger partial charge in [0, 0.05) is 35.8 Å². The lowest BCUT2D eigenvalue weighted by Crippen LogP contribution is -2.23. The van der Waals surface area contributed by atoms with Gasteiger partial charge in [-0.15, -0.1) is 0 Å². The molecular weight excluding hydrogens is 324 g/mol. The first-order chi connectivity index (χ1) is 11.7. The third-order valence-electron chi connectivity index (χ3n) is 3.34. The van der Waals surface area contributed by atoms with Crippen LogP contribution in [0.15, 0.2) is 67.3 Å². The molecule has 5 nitrogen and oxygen atoms in total. The van der Waals surface area contributed by atoms with E-state index in [-0.39, 0.29) is 5.91 Å². The number of anilines is 2. The van der Waals surface area contributed by atoms with Crippen LogP contribution in [0.25, 0.3) is 0 Å². The lowest BCUT2D eigenvalue weighted by molar-refractivity contribution is 0.0950. The minimum atomic E-state index is -0.181. The minimum Gasteiger partial charge on any atom is -0.354 e. The summed E-state index contributed by atoms with van der Waals surface area (Å²) in [6, 6.07) is 12.8. The molecule has 0 saturated heterocycles. The highest BCUT2D eigenvalue weighted by Crippen LogP contribution is 2.19. The van der Waals surface area contributed by atoms with Crippen LogP contribution in [0.1, 0.15) is 15.9 Å². The topological polar surface area (TPSA) is 66.9 Å². The predicted octanol–water partition coefficient (Wildman–Crippen LogP) is 3.80. The number of carbonyl (C=O) groups excluding carboxylic acids is 1. The fourth-order valence-corrected chi connectivity index (χ4v) is 2.24. The van der Waals surface area contributed by atoms with E-state index >= 15 is 0 Å². The van der Waals surface area contributed by atoms with E-state index in [0.717, 1.165) is 16.9 Å². The van der Waals surface area contributed by atoms with Crippen LogP contribution in [0, 0.1) is 0 Å². The molecule has 2 N–H and O–H groups in total. The minimum absolute atomic E-state index is 0.181. The largest absolute Gasteiger partial charge is 0.354 e. The average Bonchev–Trinajstić information content (AvgIpc) is 2.63. The van der Waals surface area contributed by atoms with Gasteiger partial charge in [-0.25, -0.2) is 0 Å². The summed E-state index contributed by atoms with van der Waals surface area (Å²) in [6.45, 7) is 0.441. The molecule has 3 rings (SSSR count). The lowest BCUT2D eigenvalue weighted by Gasteiger charge is -2.09. The van der Waals surface area contributed by atoms with Gasteiger partial charge in [-0.05, 0) is 48.0 Å². The highest BCUT2D eigenvalue weighted by Gasteiger charge is 2.07. The second-order valence-corrected chi connectivity index (χ2v) is 5.57. The summed E-state index contributed by atoms with van der Waals surface area (Å²) in [5, 5.41) is 6.72. The van der Waals surface area contributed by atoms with Crippen LogP contribution in [-0.2, 0) is 6.54 Å². The Labute approximate surface area is 144 Å². The number of nitrogens with zero attached hydrogens (tertiary/aromatic N) is 2. The van der Waals surface area contributed by atoms with Crippen molar-refractivity contribution >= 4 is 28.9 Å². The number of hydrogen-bond acceptors (Lipinski definition) is 4. The van der Waals surface area contributed by atoms with Crippen molar-refractivity contribution in [3.8, 4) is 0 Å². The predicted molar refractivity (Wildman–Crippen MR) is 94.4 cm³/mol. The van der Waals surface area contributed by atoms with Gasteiger partial charge in [0.1, 0.15) is 0 Å². The SMILES string of the molecule is O=C(NCc1ccncc1)c1cncc(Nc2ccc(Cl)cc2)c1. The molecule has 0 spiro atoms. The highest BCUT2D eigenvalue weighted by atomic mass is 35.5. The number of aromatic nitrogens is 2. The molecule has 0 atom stereocenters. The lowest BCUT2D eigenvalue weighted by atomic mass is 10.2. The van der Waals surface area contributed by atoms with Crippen LogP contribution >= 0.6 is 11.6 Å². The van der Waals surface area contributed by atoms with Gasteiger partial charge < -0.3 is 10.6 Å². The molecule has 3 aromatic rings. The Morgan fingerprint density at radius 3 is 2.46 bits per heavy atom. The third kappa shape index (κ3) is 4.30. The number of benzene rings is 1. The second-order valence-electron chi connectivity index (χ2n) is 5.13. The molecule has 24 heavy (non-hydrogen) atoms. The Morgan fingerprint density at radius 2 is 1.71 bits per heavy atom. The highest BCUT2D eigenvalue weighted by molar-refractivity contribution is 6.30. The molecule has 0 bridgehead atoms. The number of pyridine rings is 2. The van der Waals surface area contributed by atoms with Crippen molar-refractivity contribution < 1.29 is 4.79 Å². The van der Waals surface area contributed by atoms with Crippen molar-refractivity contribution in [1.29, 1.82) is 0 Å². The van der Waals surface area contributed by atoms with Crippen molar-refractivity contribution in [3.05, 3.63) is 83.4 Å². The molecule has 2 heterocycles. The smallest absolute Gasteiger partial charge is 0.253 e. The fraction of sp³-hybridized carbons (Fsp3) is 0.0556. The quantitative estimate of drug-likeness (QED) is 0.742. The van der Waals surface area contributed by atoms with Gasteiger partial charge >= 0.3 is 0 Å².